The molecule has 1 fully saturated rings. The van der Waals surface area contributed by atoms with Crippen LogP contribution in [0.3, 0.4) is 0 Å². The molecule has 1 saturated heterocycles. The van der Waals surface area contributed by atoms with Crippen LogP contribution in [-0.2, 0) is 35.1 Å². The smallest absolute Gasteiger partial charge is 0.226 e. The van der Waals surface area contributed by atoms with E-state index >= 15 is 0 Å². The van der Waals surface area contributed by atoms with Crippen molar-refractivity contribution in [2.45, 2.75) is 123 Å². The molecule has 1 amide bonds. The normalized spacial score (nSPS) is 22.7. The lowest BCUT2D eigenvalue weighted by Gasteiger charge is -2.38. The summed E-state index contributed by atoms with van der Waals surface area (Å²) in [5.41, 5.74) is 1.04. The van der Waals surface area contributed by atoms with Crippen molar-refractivity contribution in [2.75, 3.05) is 27.8 Å². The lowest BCUT2D eigenvalue weighted by atomic mass is 9.83. The number of Topliss-reactive ketones (excluding diaryl/α,β-unsaturated/α-hetero) is 3. The standard InChI is InChI=1S/C38H62N2O8/c1-10-25(6)35(40(8)38(46)28(23(2)3)21-31(44)34(39-7)24(4)5)32(45)20-27(42)17-19-33-29(22-41)36(47-9)37(48-33)30(43)18-16-26-14-12-11-13-15-26/h11-15,23-25,28-29,32-37,39,41,45H,10,16-22H2,1-9H3/t25-,28-,29+,32+,33?,34-,35?,36-,37+/m0/s1. The van der Waals surface area contributed by atoms with Crippen LogP contribution in [0.15, 0.2) is 30.3 Å². The Balaban J connectivity index is 2.08. The number of ether oxygens (including phenoxy) is 2. The number of amides is 1. The number of benzene rings is 1. The number of aliphatic hydroxyl groups is 2. The number of hydrogen-bond acceptors (Lipinski definition) is 9. The number of hydrogen-bond donors (Lipinski definition) is 3. The van der Waals surface area contributed by atoms with E-state index in [1.165, 1.54) is 7.11 Å². The Labute approximate surface area is 288 Å². The Hall–Kier alpha value is -2.50. The number of nitrogens with one attached hydrogen (secondary N) is 1. The molecule has 0 radical (unpaired) electrons. The molecule has 0 spiro atoms. The summed E-state index contributed by atoms with van der Waals surface area (Å²) in [6.45, 7) is 11.5. The van der Waals surface area contributed by atoms with Crippen LogP contribution < -0.4 is 5.32 Å². The third-order valence-corrected chi connectivity index (χ3v) is 10.3. The third kappa shape index (κ3) is 11.3. The minimum atomic E-state index is -1.11. The first-order valence-corrected chi connectivity index (χ1v) is 17.7. The van der Waals surface area contributed by atoms with Gasteiger partial charge in [-0.2, -0.15) is 0 Å². The summed E-state index contributed by atoms with van der Waals surface area (Å²) in [5.74, 6) is -1.69. The summed E-state index contributed by atoms with van der Waals surface area (Å²) < 4.78 is 11.8. The van der Waals surface area contributed by atoms with Gasteiger partial charge in [0.15, 0.2) is 11.6 Å². The Morgan fingerprint density at radius 2 is 1.65 bits per heavy atom. The van der Waals surface area contributed by atoms with E-state index in [9.17, 15) is 29.4 Å². The highest BCUT2D eigenvalue weighted by Crippen LogP contribution is 2.34. The van der Waals surface area contributed by atoms with Crippen molar-refractivity contribution in [3.05, 3.63) is 35.9 Å². The van der Waals surface area contributed by atoms with Crippen molar-refractivity contribution in [2.24, 2.45) is 29.6 Å². The number of ketones is 3. The molecule has 2 unspecified atom stereocenters. The lowest BCUT2D eigenvalue weighted by molar-refractivity contribution is -0.145. The molecule has 0 saturated carbocycles. The Bertz CT molecular complexity index is 1160. The quantitative estimate of drug-likeness (QED) is 0.166. The average molecular weight is 675 g/mol. The number of likely N-dealkylation sites (N-methyl/N-ethyl adjacent to an activating group) is 2. The van der Waals surface area contributed by atoms with Gasteiger partial charge in [0, 0.05) is 51.7 Å². The minimum Gasteiger partial charge on any atom is -0.396 e. The molecule has 9 atom stereocenters. The zero-order valence-corrected chi connectivity index (χ0v) is 30.7. The van der Waals surface area contributed by atoms with E-state index in [1.54, 1.807) is 19.0 Å². The summed E-state index contributed by atoms with van der Waals surface area (Å²) in [5, 5.41) is 24.7. The molecule has 2 rings (SSSR count). The van der Waals surface area contributed by atoms with Crippen LogP contribution in [0.5, 0.6) is 0 Å². The van der Waals surface area contributed by atoms with Gasteiger partial charge in [0.2, 0.25) is 5.91 Å². The molecule has 0 bridgehead atoms. The SMILES string of the molecule is CC[C@H](C)C([C@H](O)CC(=O)CCC1O[C@H](C(=O)CCc2ccccc2)[C@@H](OC)[C@@H]1CO)N(C)C(=O)[C@@H](CC(=O)[C@@H](NC)C(C)C)C(C)C. The van der Waals surface area contributed by atoms with Crippen molar-refractivity contribution in [3.8, 4) is 0 Å². The topological polar surface area (TPSA) is 142 Å². The van der Waals surface area contributed by atoms with Gasteiger partial charge in [-0.3, -0.25) is 19.2 Å². The number of aryl methyl sites for hydroxylation is 1. The highest BCUT2D eigenvalue weighted by molar-refractivity contribution is 5.90. The van der Waals surface area contributed by atoms with Crippen LogP contribution >= 0.6 is 0 Å². The maximum Gasteiger partial charge on any atom is 0.226 e. The van der Waals surface area contributed by atoms with Crippen LogP contribution in [0.2, 0.25) is 0 Å². The van der Waals surface area contributed by atoms with Crippen LogP contribution in [-0.4, -0.2) is 103 Å². The van der Waals surface area contributed by atoms with Crippen molar-refractivity contribution in [1.82, 2.24) is 10.2 Å². The molecule has 0 aliphatic carbocycles. The fourth-order valence-corrected chi connectivity index (χ4v) is 7.16. The van der Waals surface area contributed by atoms with E-state index in [-0.39, 0.29) is 85.8 Å². The van der Waals surface area contributed by atoms with Gasteiger partial charge < -0.3 is 29.9 Å². The fraction of sp³-hybridized carbons (Fsp3) is 0.737. The van der Waals surface area contributed by atoms with Gasteiger partial charge in [0.05, 0.1) is 37.0 Å². The predicted octanol–water partition coefficient (Wildman–Crippen LogP) is 4.03. The second kappa shape index (κ2) is 20.2. The summed E-state index contributed by atoms with van der Waals surface area (Å²) in [4.78, 5) is 55.0. The van der Waals surface area contributed by atoms with Crippen LogP contribution in [0.4, 0.5) is 0 Å². The van der Waals surface area contributed by atoms with Gasteiger partial charge in [0.25, 0.3) is 0 Å². The molecule has 272 valence electrons. The molecule has 1 aliphatic rings. The number of nitrogens with zero attached hydrogens (tertiary/aromatic N) is 1. The van der Waals surface area contributed by atoms with Crippen LogP contribution in [0.25, 0.3) is 0 Å². The van der Waals surface area contributed by atoms with Crippen molar-refractivity contribution < 1.29 is 38.9 Å². The van der Waals surface area contributed by atoms with Crippen LogP contribution in [0.1, 0.15) is 85.6 Å². The summed E-state index contributed by atoms with van der Waals surface area (Å²) in [6, 6.07) is 8.73. The first kappa shape index (κ1) is 41.7. The van der Waals surface area contributed by atoms with E-state index in [0.717, 1.165) is 5.56 Å². The number of carbonyl (C=O) groups excluding carboxylic acids is 4. The Morgan fingerprint density at radius 1 is 1.00 bits per heavy atom. The first-order valence-electron chi connectivity index (χ1n) is 17.7. The molecule has 1 aromatic carbocycles. The number of carbonyl (C=O) groups is 4. The highest BCUT2D eigenvalue weighted by atomic mass is 16.6. The third-order valence-electron chi connectivity index (χ3n) is 10.3. The molecular weight excluding hydrogens is 612 g/mol. The number of aliphatic hydroxyl groups excluding tert-OH is 2. The van der Waals surface area contributed by atoms with E-state index in [1.807, 2.05) is 71.9 Å². The van der Waals surface area contributed by atoms with E-state index in [0.29, 0.717) is 12.8 Å². The van der Waals surface area contributed by atoms with Gasteiger partial charge in [-0.15, -0.1) is 0 Å². The summed E-state index contributed by atoms with van der Waals surface area (Å²) in [6.07, 6.45) is -1.32. The minimum absolute atomic E-state index is 0.0186. The zero-order chi connectivity index (χ0) is 36.1. The molecule has 0 aromatic heterocycles. The van der Waals surface area contributed by atoms with Gasteiger partial charge in [-0.1, -0.05) is 78.3 Å². The van der Waals surface area contributed by atoms with Gasteiger partial charge in [-0.25, -0.2) is 0 Å². The lowest BCUT2D eigenvalue weighted by Crippen LogP contribution is -2.52. The second-order valence-electron chi connectivity index (χ2n) is 14.3. The van der Waals surface area contributed by atoms with Crippen molar-refractivity contribution in [1.29, 1.82) is 0 Å². The molecule has 3 N–H and O–H groups in total. The molecule has 10 nitrogen and oxygen atoms in total. The van der Waals surface area contributed by atoms with Crippen molar-refractivity contribution in [3.63, 3.8) is 0 Å². The maximum atomic E-state index is 13.9. The zero-order valence-electron chi connectivity index (χ0n) is 30.7. The maximum absolute atomic E-state index is 13.9. The second-order valence-corrected chi connectivity index (χ2v) is 14.3. The van der Waals surface area contributed by atoms with Crippen LogP contribution in [0, 0.1) is 29.6 Å². The van der Waals surface area contributed by atoms with Gasteiger partial charge >= 0.3 is 0 Å². The van der Waals surface area contributed by atoms with E-state index in [4.69, 9.17) is 9.47 Å². The molecular formula is C38H62N2O8. The largest absolute Gasteiger partial charge is 0.396 e. The molecule has 1 aromatic rings. The number of rotatable bonds is 22. The predicted molar refractivity (Wildman–Crippen MR) is 186 cm³/mol. The van der Waals surface area contributed by atoms with E-state index < -0.39 is 42.3 Å². The molecule has 10 heteroatoms. The monoisotopic (exact) mass is 674 g/mol. The molecule has 1 aliphatic heterocycles. The van der Waals surface area contributed by atoms with Crippen molar-refractivity contribution >= 4 is 23.3 Å². The Morgan fingerprint density at radius 3 is 2.17 bits per heavy atom. The van der Waals surface area contributed by atoms with Gasteiger partial charge in [0.1, 0.15) is 11.9 Å². The van der Waals surface area contributed by atoms with Gasteiger partial charge in [-0.05, 0) is 43.2 Å². The highest BCUT2D eigenvalue weighted by Gasteiger charge is 2.47. The average Bonchev–Trinajstić information content (AvgIpc) is 3.42. The molecule has 48 heavy (non-hydrogen) atoms. The molecule has 1 heterocycles. The Kier molecular flexibility index (Phi) is 17.6. The van der Waals surface area contributed by atoms with E-state index in [2.05, 4.69) is 5.32 Å². The number of methoxy groups -OCH3 is 1. The first-order chi connectivity index (χ1) is 22.7. The summed E-state index contributed by atoms with van der Waals surface area (Å²) in [7, 11) is 4.90. The fourth-order valence-electron chi connectivity index (χ4n) is 7.16. The summed E-state index contributed by atoms with van der Waals surface area (Å²) >= 11 is 0.